The molecule has 1 aromatic carbocycles. The Morgan fingerprint density at radius 2 is 1.47 bits per heavy atom. The summed E-state index contributed by atoms with van der Waals surface area (Å²) in [5, 5.41) is 0. The Kier molecular flexibility index (Phi) is 10.3. The van der Waals surface area contributed by atoms with Crippen LogP contribution >= 0.6 is 0 Å². The van der Waals surface area contributed by atoms with Crippen molar-refractivity contribution in [2.24, 2.45) is 11.8 Å². The number of benzene rings is 1. The molecule has 1 saturated heterocycles. The highest BCUT2D eigenvalue weighted by molar-refractivity contribution is 6.58. The van der Waals surface area contributed by atoms with Crippen LogP contribution in [-0.2, 0) is 0 Å². The van der Waals surface area contributed by atoms with Gasteiger partial charge in [-0.2, -0.15) is 0 Å². The van der Waals surface area contributed by atoms with E-state index in [9.17, 15) is 17.6 Å². The first-order valence-corrected chi connectivity index (χ1v) is 15.4. The lowest BCUT2D eigenvalue weighted by atomic mass is 9.76. The van der Waals surface area contributed by atoms with Crippen LogP contribution in [0.4, 0.5) is 17.6 Å². The second-order valence-electron chi connectivity index (χ2n) is 10.3. The molecule has 5 heteroatoms. The molecule has 0 nitrogen and oxygen atoms in total. The van der Waals surface area contributed by atoms with Crippen molar-refractivity contribution in [3.8, 4) is 0 Å². The lowest BCUT2D eigenvalue weighted by Gasteiger charge is -2.30. The van der Waals surface area contributed by atoms with Gasteiger partial charge in [-0.3, -0.25) is 0 Å². The minimum absolute atomic E-state index is 0.0527. The number of halogens is 4. The zero-order valence-electron chi connectivity index (χ0n) is 19.7. The SMILES string of the molecule is CCCC[Si@H]1CC[C@H](CCCC[C@H]2CC[C@H](c3c(F)cc(C(F)=CF)cc3F)CC2)CC1. The molecule has 2 aliphatic rings. The summed E-state index contributed by atoms with van der Waals surface area (Å²) in [4.78, 5) is 0. The minimum Gasteiger partial charge on any atom is -0.212 e. The molecule has 1 aliphatic heterocycles. The van der Waals surface area contributed by atoms with Gasteiger partial charge in [0.1, 0.15) is 18.0 Å². The van der Waals surface area contributed by atoms with E-state index in [1.165, 1.54) is 51.4 Å². The smallest absolute Gasteiger partial charge is 0.158 e. The summed E-state index contributed by atoms with van der Waals surface area (Å²) in [7, 11) is -0.387. The minimum atomic E-state index is -1.25. The molecule has 0 amide bonds. The van der Waals surface area contributed by atoms with Crippen molar-refractivity contribution in [3.05, 3.63) is 41.2 Å². The molecule has 32 heavy (non-hydrogen) atoms. The Bertz CT molecular complexity index is 708. The first kappa shape index (κ1) is 25.5. The van der Waals surface area contributed by atoms with E-state index in [-0.39, 0.29) is 32.2 Å². The zero-order valence-corrected chi connectivity index (χ0v) is 20.8. The summed E-state index contributed by atoms with van der Waals surface area (Å²) in [5.41, 5.74) is -0.325. The fourth-order valence-electron chi connectivity index (χ4n) is 6.08. The largest absolute Gasteiger partial charge is 0.212 e. The first-order valence-electron chi connectivity index (χ1n) is 13.0. The van der Waals surface area contributed by atoms with Crippen molar-refractivity contribution in [1.82, 2.24) is 0 Å². The van der Waals surface area contributed by atoms with Crippen molar-refractivity contribution in [2.75, 3.05) is 0 Å². The van der Waals surface area contributed by atoms with E-state index in [1.807, 2.05) is 0 Å². The van der Waals surface area contributed by atoms with Gasteiger partial charge in [0.2, 0.25) is 0 Å². The highest BCUT2D eigenvalue weighted by atomic mass is 28.3. The number of unbranched alkanes of at least 4 members (excludes halogenated alkanes) is 2. The highest BCUT2D eigenvalue weighted by Gasteiger charge is 2.27. The van der Waals surface area contributed by atoms with Crippen LogP contribution in [0.25, 0.3) is 5.83 Å². The van der Waals surface area contributed by atoms with Gasteiger partial charge in [0.25, 0.3) is 0 Å². The molecule has 0 atom stereocenters. The molecule has 0 radical (unpaired) electrons. The zero-order chi connectivity index (χ0) is 22.9. The van der Waals surface area contributed by atoms with E-state index in [0.29, 0.717) is 5.92 Å². The molecular weight excluding hydrogens is 428 g/mol. The van der Waals surface area contributed by atoms with Crippen LogP contribution in [0.5, 0.6) is 0 Å². The molecule has 180 valence electrons. The Labute approximate surface area is 193 Å². The van der Waals surface area contributed by atoms with E-state index >= 15 is 0 Å². The van der Waals surface area contributed by atoms with Crippen molar-refractivity contribution in [1.29, 1.82) is 0 Å². The number of rotatable bonds is 10. The van der Waals surface area contributed by atoms with Crippen molar-refractivity contribution < 1.29 is 17.6 Å². The summed E-state index contributed by atoms with van der Waals surface area (Å²) in [6.07, 6.45) is 14.2. The molecule has 0 N–H and O–H groups in total. The molecule has 0 spiro atoms. The van der Waals surface area contributed by atoms with Gasteiger partial charge in [0.15, 0.2) is 5.83 Å². The van der Waals surface area contributed by atoms with E-state index < -0.39 is 17.5 Å². The van der Waals surface area contributed by atoms with Gasteiger partial charge in [-0.05, 0) is 55.6 Å². The summed E-state index contributed by atoms with van der Waals surface area (Å²) in [6, 6.07) is 6.53. The lowest BCUT2D eigenvalue weighted by molar-refractivity contribution is 0.290. The fraction of sp³-hybridized carbons (Fsp3) is 0.704. The van der Waals surface area contributed by atoms with Gasteiger partial charge in [0, 0.05) is 19.9 Å². The molecule has 0 bridgehead atoms. The summed E-state index contributed by atoms with van der Waals surface area (Å²) < 4.78 is 54.6. The Hall–Kier alpha value is -1.10. The number of hydrogen-bond acceptors (Lipinski definition) is 0. The highest BCUT2D eigenvalue weighted by Crippen LogP contribution is 2.40. The van der Waals surface area contributed by atoms with Crippen LogP contribution in [-0.4, -0.2) is 8.80 Å². The van der Waals surface area contributed by atoms with E-state index in [0.717, 1.165) is 43.7 Å². The third-order valence-electron chi connectivity index (χ3n) is 8.11. The van der Waals surface area contributed by atoms with Crippen molar-refractivity contribution in [3.63, 3.8) is 0 Å². The van der Waals surface area contributed by atoms with Crippen LogP contribution < -0.4 is 0 Å². The Balaban J connectivity index is 1.35. The van der Waals surface area contributed by atoms with E-state index in [2.05, 4.69) is 6.92 Å². The van der Waals surface area contributed by atoms with Gasteiger partial charge in [-0.15, -0.1) is 0 Å². The van der Waals surface area contributed by atoms with Gasteiger partial charge in [-0.1, -0.05) is 76.4 Å². The third kappa shape index (κ3) is 7.20. The second kappa shape index (κ2) is 13.0. The Morgan fingerprint density at radius 1 is 0.906 bits per heavy atom. The topological polar surface area (TPSA) is 0 Å². The Morgan fingerprint density at radius 3 is 2.00 bits per heavy atom. The van der Waals surface area contributed by atoms with Gasteiger partial charge < -0.3 is 0 Å². The molecule has 3 rings (SSSR count). The molecule has 1 heterocycles. The maximum Gasteiger partial charge on any atom is 0.158 e. The summed E-state index contributed by atoms with van der Waals surface area (Å²) >= 11 is 0. The van der Waals surface area contributed by atoms with Crippen molar-refractivity contribution >= 4 is 14.6 Å². The summed E-state index contributed by atoms with van der Waals surface area (Å²) in [5.74, 6) is -1.31. The van der Waals surface area contributed by atoms with Crippen LogP contribution in [0.15, 0.2) is 18.5 Å². The predicted molar refractivity (Wildman–Crippen MR) is 129 cm³/mol. The van der Waals surface area contributed by atoms with Crippen LogP contribution in [0, 0.1) is 23.5 Å². The standard InChI is InChI=1S/C27H40F4Si/c1-2-3-14-32-15-12-21(13-16-32)7-5-4-6-20-8-10-22(11-9-20)27-24(29)17-23(18-25(27)30)26(31)19-28/h17-22,32H,2-16H2,1H3/t20-,21-,22-,32-. The maximum absolute atomic E-state index is 14.4. The monoisotopic (exact) mass is 468 g/mol. The number of hydrogen-bond donors (Lipinski definition) is 0. The fourth-order valence-corrected chi connectivity index (χ4v) is 9.82. The molecule has 0 aromatic heterocycles. The molecule has 1 aromatic rings. The third-order valence-corrected chi connectivity index (χ3v) is 11.6. The molecule has 1 aliphatic carbocycles. The quantitative estimate of drug-likeness (QED) is 0.182. The van der Waals surface area contributed by atoms with Crippen LogP contribution in [0.1, 0.15) is 101 Å². The normalized spacial score (nSPS) is 27.0. The van der Waals surface area contributed by atoms with Gasteiger partial charge >= 0.3 is 0 Å². The van der Waals surface area contributed by atoms with Crippen LogP contribution in [0.3, 0.4) is 0 Å². The van der Waals surface area contributed by atoms with Crippen LogP contribution in [0.2, 0.25) is 18.1 Å². The van der Waals surface area contributed by atoms with E-state index in [4.69, 9.17) is 0 Å². The summed E-state index contributed by atoms with van der Waals surface area (Å²) in [6.45, 7) is 2.30. The average Bonchev–Trinajstić information content (AvgIpc) is 2.81. The second-order valence-corrected chi connectivity index (χ2v) is 13.8. The maximum atomic E-state index is 14.4. The average molecular weight is 469 g/mol. The van der Waals surface area contributed by atoms with E-state index in [1.54, 1.807) is 18.1 Å². The van der Waals surface area contributed by atoms with Gasteiger partial charge in [0.05, 0.1) is 0 Å². The molecule has 0 unspecified atom stereocenters. The molecular formula is C27H40F4Si. The predicted octanol–water partition coefficient (Wildman–Crippen LogP) is 9.47. The first-order chi connectivity index (χ1) is 15.5. The van der Waals surface area contributed by atoms with Gasteiger partial charge in [-0.25, -0.2) is 17.6 Å². The van der Waals surface area contributed by atoms with Crippen molar-refractivity contribution in [2.45, 2.75) is 108 Å². The lowest BCUT2D eigenvalue weighted by Crippen LogP contribution is -2.21. The molecule has 2 fully saturated rings. The molecule has 1 saturated carbocycles.